The van der Waals surface area contributed by atoms with Crippen molar-refractivity contribution in [3.05, 3.63) is 58.5 Å². The lowest BCUT2D eigenvalue weighted by molar-refractivity contribution is -0.385. The van der Waals surface area contributed by atoms with Crippen LogP contribution in [0.25, 0.3) is 0 Å². The van der Waals surface area contributed by atoms with Crippen LogP contribution in [0.1, 0.15) is 18.7 Å². The first-order valence-corrected chi connectivity index (χ1v) is 6.27. The van der Waals surface area contributed by atoms with E-state index in [0.29, 0.717) is 5.76 Å². The molecule has 110 valence electrons. The maximum atomic E-state index is 11.8. The number of ether oxygens (including phenoxy) is 1. The molecule has 21 heavy (non-hydrogen) atoms. The molecule has 0 aliphatic heterocycles. The van der Waals surface area contributed by atoms with Gasteiger partial charge < -0.3 is 14.5 Å². The Bertz CT molecular complexity index is 624. The van der Waals surface area contributed by atoms with Gasteiger partial charge in [0.05, 0.1) is 17.2 Å². The Morgan fingerprint density at radius 3 is 2.81 bits per heavy atom. The first kappa shape index (κ1) is 14.6. The van der Waals surface area contributed by atoms with Gasteiger partial charge in [-0.2, -0.15) is 0 Å². The Labute approximate surface area is 120 Å². The second kappa shape index (κ2) is 6.56. The first-order valence-electron chi connectivity index (χ1n) is 6.27. The summed E-state index contributed by atoms with van der Waals surface area (Å²) in [6.45, 7) is 1.46. The van der Waals surface area contributed by atoms with Gasteiger partial charge in [0, 0.05) is 6.07 Å². The van der Waals surface area contributed by atoms with E-state index in [2.05, 4.69) is 5.32 Å². The molecule has 0 saturated carbocycles. The summed E-state index contributed by atoms with van der Waals surface area (Å²) >= 11 is 0. The van der Waals surface area contributed by atoms with Gasteiger partial charge in [-0.3, -0.25) is 14.9 Å². The number of furan rings is 1. The summed E-state index contributed by atoms with van der Waals surface area (Å²) in [6, 6.07) is 9.06. The molecule has 0 spiro atoms. The topological polar surface area (TPSA) is 94.6 Å². The molecular formula is C14H14N2O5. The Hall–Kier alpha value is -2.83. The van der Waals surface area contributed by atoms with Gasteiger partial charge in [0.2, 0.25) is 0 Å². The third-order valence-electron chi connectivity index (χ3n) is 2.77. The van der Waals surface area contributed by atoms with Gasteiger partial charge >= 0.3 is 5.69 Å². The Kier molecular flexibility index (Phi) is 4.55. The summed E-state index contributed by atoms with van der Waals surface area (Å²) in [6.07, 6.45) is 1.52. The van der Waals surface area contributed by atoms with Gasteiger partial charge in [-0.15, -0.1) is 0 Å². The lowest BCUT2D eigenvalue weighted by Crippen LogP contribution is -2.31. The van der Waals surface area contributed by atoms with Crippen LogP contribution in [-0.2, 0) is 4.79 Å². The van der Waals surface area contributed by atoms with Crippen molar-refractivity contribution in [3.8, 4) is 5.75 Å². The van der Waals surface area contributed by atoms with Crippen molar-refractivity contribution in [3.63, 3.8) is 0 Å². The van der Waals surface area contributed by atoms with Crippen LogP contribution < -0.4 is 10.1 Å². The molecule has 0 bridgehead atoms. The van der Waals surface area contributed by atoms with Gasteiger partial charge in [0.1, 0.15) is 5.76 Å². The first-order chi connectivity index (χ1) is 10.1. The fraction of sp³-hybridized carbons (Fsp3) is 0.214. The largest absolute Gasteiger partial charge is 0.477 e. The van der Waals surface area contributed by atoms with Crippen molar-refractivity contribution in [2.75, 3.05) is 6.61 Å². The molecule has 0 aliphatic carbocycles. The molecular weight excluding hydrogens is 276 g/mol. The number of rotatable bonds is 6. The Morgan fingerprint density at radius 2 is 2.14 bits per heavy atom. The molecule has 2 rings (SSSR count). The van der Waals surface area contributed by atoms with E-state index in [1.54, 1.807) is 25.1 Å². The fourth-order valence-corrected chi connectivity index (χ4v) is 1.77. The molecule has 1 N–H and O–H groups in total. The van der Waals surface area contributed by atoms with Crippen LogP contribution in [0, 0.1) is 10.1 Å². The minimum Gasteiger partial charge on any atom is -0.477 e. The van der Waals surface area contributed by atoms with Gasteiger partial charge in [-0.1, -0.05) is 12.1 Å². The molecule has 7 heteroatoms. The number of carbonyl (C=O) groups is 1. The van der Waals surface area contributed by atoms with Crippen molar-refractivity contribution in [2.24, 2.45) is 0 Å². The smallest absolute Gasteiger partial charge is 0.310 e. The molecule has 0 radical (unpaired) electrons. The molecule has 2 aromatic rings. The number of nitro benzene ring substituents is 1. The van der Waals surface area contributed by atoms with Crippen LogP contribution >= 0.6 is 0 Å². The molecule has 1 atom stereocenters. The molecule has 0 aliphatic rings. The summed E-state index contributed by atoms with van der Waals surface area (Å²) in [5.74, 6) is 0.286. The van der Waals surface area contributed by atoms with E-state index in [-0.39, 0.29) is 24.1 Å². The average molecular weight is 290 g/mol. The van der Waals surface area contributed by atoms with E-state index in [9.17, 15) is 14.9 Å². The zero-order chi connectivity index (χ0) is 15.2. The summed E-state index contributed by atoms with van der Waals surface area (Å²) < 4.78 is 10.4. The summed E-state index contributed by atoms with van der Waals surface area (Å²) in [5.41, 5.74) is -0.176. The fourth-order valence-electron chi connectivity index (χ4n) is 1.77. The molecule has 1 heterocycles. The normalized spacial score (nSPS) is 11.7. The SMILES string of the molecule is CC(NC(=O)COc1ccccc1[N+](=O)[O-])c1ccco1. The number of amides is 1. The number of nitrogens with zero attached hydrogens (tertiary/aromatic N) is 1. The van der Waals surface area contributed by atoms with Gasteiger partial charge in [0.25, 0.3) is 5.91 Å². The molecule has 1 unspecified atom stereocenters. The standard InChI is InChI=1S/C14H14N2O5/c1-10(12-7-4-8-20-12)15-14(17)9-21-13-6-3-2-5-11(13)16(18)19/h2-8,10H,9H2,1H3,(H,15,17). The molecule has 7 nitrogen and oxygen atoms in total. The van der Waals surface area contributed by atoms with Crippen molar-refractivity contribution in [2.45, 2.75) is 13.0 Å². The summed E-state index contributed by atoms with van der Waals surface area (Å²) in [7, 11) is 0. The monoisotopic (exact) mass is 290 g/mol. The number of nitrogens with one attached hydrogen (secondary N) is 1. The third kappa shape index (κ3) is 3.82. The number of nitro groups is 1. The van der Waals surface area contributed by atoms with Crippen LogP contribution in [0.4, 0.5) is 5.69 Å². The summed E-state index contributed by atoms with van der Waals surface area (Å²) in [5, 5.41) is 13.5. The van der Waals surface area contributed by atoms with E-state index in [0.717, 1.165) is 0 Å². The van der Waals surface area contributed by atoms with Gasteiger partial charge in [-0.25, -0.2) is 0 Å². The van der Waals surface area contributed by atoms with Crippen LogP contribution in [0.5, 0.6) is 5.75 Å². The minimum atomic E-state index is -0.557. The zero-order valence-electron chi connectivity index (χ0n) is 11.3. The van der Waals surface area contributed by atoms with Crippen LogP contribution in [0.2, 0.25) is 0 Å². The molecule has 0 saturated heterocycles. The number of benzene rings is 1. The van der Waals surface area contributed by atoms with Crippen molar-refractivity contribution >= 4 is 11.6 Å². The van der Waals surface area contributed by atoms with E-state index in [1.807, 2.05) is 0 Å². The predicted octanol–water partition coefficient (Wildman–Crippen LogP) is 2.44. The summed E-state index contributed by atoms with van der Waals surface area (Å²) in [4.78, 5) is 22.0. The van der Waals surface area contributed by atoms with Crippen molar-refractivity contribution < 1.29 is 18.9 Å². The van der Waals surface area contributed by atoms with E-state index in [4.69, 9.17) is 9.15 Å². The zero-order valence-corrected chi connectivity index (χ0v) is 11.3. The van der Waals surface area contributed by atoms with E-state index < -0.39 is 10.8 Å². The second-order valence-electron chi connectivity index (χ2n) is 4.32. The Balaban J connectivity index is 1.91. The highest BCUT2D eigenvalue weighted by atomic mass is 16.6. The van der Waals surface area contributed by atoms with Crippen LogP contribution in [0.15, 0.2) is 47.1 Å². The van der Waals surface area contributed by atoms with E-state index in [1.165, 1.54) is 24.5 Å². The lowest BCUT2D eigenvalue weighted by Gasteiger charge is -2.12. The maximum absolute atomic E-state index is 11.8. The Morgan fingerprint density at radius 1 is 1.38 bits per heavy atom. The number of hydrogen-bond acceptors (Lipinski definition) is 5. The minimum absolute atomic E-state index is 0.0586. The number of hydrogen-bond donors (Lipinski definition) is 1. The highest BCUT2D eigenvalue weighted by molar-refractivity contribution is 5.78. The van der Waals surface area contributed by atoms with Gasteiger partial charge in [-0.05, 0) is 25.1 Å². The highest BCUT2D eigenvalue weighted by Gasteiger charge is 2.16. The second-order valence-corrected chi connectivity index (χ2v) is 4.32. The number of carbonyl (C=O) groups excluding carboxylic acids is 1. The van der Waals surface area contributed by atoms with Crippen LogP contribution in [0.3, 0.4) is 0 Å². The average Bonchev–Trinajstić information content (AvgIpc) is 2.99. The quantitative estimate of drug-likeness (QED) is 0.651. The third-order valence-corrected chi connectivity index (χ3v) is 2.77. The predicted molar refractivity (Wildman–Crippen MR) is 73.9 cm³/mol. The molecule has 0 fully saturated rings. The number of para-hydroxylation sites is 2. The molecule has 1 amide bonds. The molecule has 1 aromatic heterocycles. The van der Waals surface area contributed by atoms with Crippen molar-refractivity contribution in [1.29, 1.82) is 0 Å². The maximum Gasteiger partial charge on any atom is 0.310 e. The highest BCUT2D eigenvalue weighted by Crippen LogP contribution is 2.25. The van der Waals surface area contributed by atoms with Gasteiger partial charge in [0.15, 0.2) is 12.4 Å². The molecule has 1 aromatic carbocycles. The van der Waals surface area contributed by atoms with Crippen LogP contribution in [-0.4, -0.2) is 17.4 Å². The lowest BCUT2D eigenvalue weighted by atomic mass is 10.2. The van der Waals surface area contributed by atoms with Crippen molar-refractivity contribution in [1.82, 2.24) is 5.32 Å². The van der Waals surface area contributed by atoms with E-state index >= 15 is 0 Å².